The Morgan fingerprint density at radius 1 is 1.14 bits per heavy atom. The highest BCUT2D eigenvalue weighted by Gasteiger charge is 2.18. The predicted molar refractivity (Wildman–Crippen MR) is 122 cm³/mol. The molecule has 29 heavy (non-hydrogen) atoms. The Hall–Kier alpha value is -2.15. The van der Waals surface area contributed by atoms with Crippen molar-refractivity contribution < 1.29 is 9.53 Å². The van der Waals surface area contributed by atoms with Crippen molar-refractivity contribution in [1.29, 1.82) is 0 Å². The van der Waals surface area contributed by atoms with Crippen LogP contribution in [0, 0.1) is 6.92 Å². The lowest BCUT2D eigenvalue weighted by Gasteiger charge is -2.35. The molecule has 0 aliphatic carbocycles. The molecule has 7 heteroatoms. The molecule has 1 N–H and O–H groups in total. The highest BCUT2D eigenvalue weighted by molar-refractivity contribution is 7.80. The fraction of sp³-hybridized carbons (Fsp3) is 0.364. The Morgan fingerprint density at radius 2 is 1.83 bits per heavy atom. The number of hydrogen-bond acceptors (Lipinski definition) is 4. The summed E-state index contributed by atoms with van der Waals surface area (Å²) in [4.78, 5) is 17.7. The van der Waals surface area contributed by atoms with Gasteiger partial charge in [-0.1, -0.05) is 36.8 Å². The van der Waals surface area contributed by atoms with Crippen LogP contribution in [0.15, 0.2) is 42.5 Å². The molecule has 2 aromatic rings. The van der Waals surface area contributed by atoms with Gasteiger partial charge in [-0.15, -0.1) is 0 Å². The van der Waals surface area contributed by atoms with Gasteiger partial charge < -0.3 is 19.9 Å². The van der Waals surface area contributed by atoms with Gasteiger partial charge in [-0.25, -0.2) is 0 Å². The Morgan fingerprint density at radius 3 is 2.48 bits per heavy atom. The number of ether oxygens (including phenoxy) is 1. The van der Waals surface area contributed by atoms with Gasteiger partial charge in [0, 0.05) is 42.5 Å². The van der Waals surface area contributed by atoms with Crippen LogP contribution in [0.25, 0.3) is 0 Å². The van der Waals surface area contributed by atoms with E-state index in [4.69, 9.17) is 28.6 Å². The summed E-state index contributed by atoms with van der Waals surface area (Å²) in [7, 11) is 0. The summed E-state index contributed by atoms with van der Waals surface area (Å²) in [6.45, 7) is 9.04. The number of nitrogens with zero attached hydrogens (tertiary/aromatic N) is 2. The minimum Gasteiger partial charge on any atom is -0.484 e. The smallest absolute Gasteiger partial charge is 0.262 e. The number of amides is 1. The first-order valence-corrected chi connectivity index (χ1v) is 10.6. The minimum absolute atomic E-state index is 0.0747. The number of likely N-dealkylation sites (N-methyl/N-ethyl adjacent to an activating group) is 1. The molecule has 0 radical (unpaired) electrons. The number of rotatable bonds is 6. The van der Waals surface area contributed by atoms with E-state index in [-0.39, 0.29) is 12.5 Å². The number of carbonyl (C=O) groups excluding carboxylic acids is 1. The van der Waals surface area contributed by atoms with E-state index in [1.807, 2.05) is 37.3 Å². The Bertz CT molecular complexity index is 865. The molecule has 1 fully saturated rings. The summed E-state index contributed by atoms with van der Waals surface area (Å²) < 4.78 is 5.61. The fourth-order valence-electron chi connectivity index (χ4n) is 3.22. The molecule has 1 saturated heterocycles. The molecule has 1 aliphatic rings. The average Bonchev–Trinajstić information content (AvgIpc) is 2.75. The first-order valence-electron chi connectivity index (χ1n) is 9.77. The maximum absolute atomic E-state index is 12.2. The summed E-state index contributed by atoms with van der Waals surface area (Å²) >= 11 is 11.7. The van der Waals surface area contributed by atoms with Crippen molar-refractivity contribution in [1.82, 2.24) is 9.80 Å². The third kappa shape index (κ3) is 5.69. The van der Waals surface area contributed by atoms with Gasteiger partial charge in [-0.2, -0.15) is 0 Å². The molecule has 0 atom stereocenters. The van der Waals surface area contributed by atoms with Gasteiger partial charge in [0.2, 0.25) is 0 Å². The topological polar surface area (TPSA) is 44.8 Å². The number of nitrogens with one attached hydrogen (secondary N) is 1. The van der Waals surface area contributed by atoms with Crippen molar-refractivity contribution in [3.63, 3.8) is 0 Å². The number of halogens is 1. The number of carbonyl (C=O) groups is 1. The van der Waals surface area contributed by atoms with Crippen LogP contribution in [0.2, 0.25) is 5.02 Å². The van der Waals surface area contributed by atoms with Crippen LogP contribution >= 0.6 is 23.8 Å². The van der Waals surface area contributed by atoms with E-state index >= 15 is 0 Å². The fourth-order valence-corrected chi connectivity index (χ4v) is 3.71. The highest BCUT2D eigenvalue weighted by Crippen LogP contribution is 2.23. The van der Waals surface area contributed by atoms with E-state index in [0.717, 1.165) is 48.8 Å². The maximum Gasteiger partial charge on any atom is 0.262 e. The van der Waals surface area contributed by atoms with Crippen molar-refractivity contribution in [2.75, 3.05) is 44.6 Å². The Balaban J connectivity index is 1.51. The van der Waals surface area contributed by atoms with Crippen molar-refractivity contribution in [3.05, 3.63) is 58.6 Å². The second kappa shape index (κ2) is 10.1. The van der Waals surface area contributed by atoms with E-state index in [9.17, 15) is 4.79 Å². The number of hydrogen-bond donors (Lipinski definition) is 1. The molecule has 0 saturated carbocycles. The van der Waals surface area contributed by atoms with Crippen molar-refractivity contribution >= 4 is 40.4 Å². The number of anilines is 1. The number of piperazine rings is 1. The van der Waals surface area contributed by atoms with Crippen LogP contribution < -0.4 is 10.1 Å². The molecule has 2 aromatic carbocycles. The van der Waals surface area contributed by atoms with Gasteiger partial charge in [0.25, 0.3) is 5.91 Å². The van der Waals surface area contributed by atoms with Crippen LogP contribution in [0.5, 0.6) is 5.75 Å². The summed E-state index contributed by atoms with van der Waals surface area (Å²) in [6, 6.07) is 13.0. The van der Waals surface area contributed by atoms with E-state index in [0.29, 0.717) is 16.5 Å². The molecular weight excluding hydrogens is 406 g/mol. The molecule has 5 nitrogen and oxygen atoms in total. The third-order valence-corrected chi connectivity index (χ3v) is 6.02. The van der Waals surface area contributed by atoms with Gasteiger partial charge in [0.05, 0.1) is 0 Å². The van der Waals surface area contributed by atoms with Gasteiger partial charge in [-0.3, -0.25) is 4.79 Å². The summed E-state index contributed by atoms with van der Waals surface area (Å²) in [5, 5.41) is 3.44. The van der Waals surface area contributed by atoms with Crippen molar-refractivity contribution in [2.45, 2.75) is 13.8 Å². The van der Waals surface area contributed by atoms with Gasteiger partial charge >= 0.3 is 0 Å². The molecule has 0 bridgehead atoms. The lowest BCUT2D eigenvalue weighted by Crippen LogP contribution is -2.48. The summed E-state index contributed by atoms with van der Waals surface area (Å²) in [6.07, 6.45) is 0. The molecule has 1 heterocycles. The first kappa shape index (κ1) is 21.6. The van der Waals surface area contributed by atoms with Crippen LogP contribution in [-0.4, -0.2) is 60.0 Å². The quantitative estimate of drug-likeness (QED) is 0.701. The number of thiocarbonyl (C=S) groups is 1. The largest absolute Gasteiger partial charge is 0.484 e. The van der Waals surface area contributed by atoms with E-state index < -0.39 is 0 Å². The SMILES string of the molecule is CCN1CCN(C(=S)c2ccc(OCC(=O)Nc3cccc(Cl)c3C)cc2)CC1. The van der Waals surface area contributed by atoms with Crippen LogP contribution in [0.4, 0.5) is 5.69 Å². The Kier molecular flexibility index (Phi) is 7.47. The second-order valence-corrected chi connectivity index (χ2v) is 7.79. The van der Waals surface area contributed by atoms with Gasteiger partial charge in [-0.05, 0) is 55.4 Å². The summed E-state index contributed by atoms with van der Waals surface area (Å²) in [5.41, 5.74) is 2.52. The molecule has 154 valence electrons. The molecule has 1 aliphatic heterocycles. The minimum atomic E-state index is -0.233. The van der Waals surface area contributed by atoms with Gasteiger partial charge in [0.15, 0.2) is 6.61 Å². The molecule has 0 unspecified atom stereocenters. The number of benzene rings is 2. The normalized spacial score (nSPS) is 14.5. The van der Waals surface area contributed by atoms with Crippen LogP contribution in [0.1, 0.15) is 18.1 Å². The van der Waals surface area contributed by atoms with Crippen LogP contribution in [0.3, 0.4) is 0 Å². The zero-order valence-electron chi connectivity index (χ0n) is 16.8. The highest BCUT2D eigenvalue weighted by atomic mass is 35.5. The van der Waals surface area contributed by atoms with E-state index in [2.05, 4.69) is 22.0 Å². The van der Waals surface area contributed by atoms with E-state index in [1.165, 1.54) is 0 Å². The lowest BCUT2D eigenvalue weighted by molar-refractivity contribution is -0.118. The Labute approximate surface area is 182 Å². The maximum atomic E-state index is 12.2. The first-order chi connectivity index (χ1) is 14.0. The van der Waals surface area contributed by atoms with Crippen LogP contribution in [-0.2, 0) is 4.79 Å². The third-order valence-electron chi connectivity index (χ3n) is 5.12. The lowest BCUT2D eigenvalue weighted by atomic mass is 10.2. The van der Waals surface area contributed by atoms with Crippen molar-refractivity contribution in [2.24, 2.45) is 0 Å². The summed E-state index contributed by atoms with van der Waals surface area (Å²) in [5.74, 6) is 0.397. The molecular formula is C22H26ClN3O2S. The van der Waals surface area contributed by atoms with Crippen molar-refractivity contribution in [3.8, 4) is 5.75 Å². The van der Waals surface area contributed by atoms with E-state index in [1.54, 1.807) is 12.1 Å². The predicted octanol–water partition coefficient (Wildman–Crippen LogP) is 3.98. The second-order valence-electron chi connectivity index (χ2n) is 7.00. The molecule has 0 spiro atoms. The zero-order chi connectivity index (χ0) is 20.8. The van der Waals surface area contributed by atoms with Gasteiger partial charge in [0.1, 0.15) is 10.7 Å². The molecule has 1 amide bonds. The molecule has 0 aromatic heterocycles. The molecule has 3 rings (SSSR count). The monoisotopic (exact) mass is 431 g/mol. The zero-order valence-corrected chi connectivity index (χ0v) is 18.4. The average molecular weight is 432 g/mol. The standard InChI is InChI=1S/C22H26ClN3O2S/c1-3-25-11-13-26(14-12-25)22(29)17-7-9-18(10-8-17)28-15-21(27)24-20-6-4-5-19(23)16(20)2/h4-10H,3,11-15H2,1-2H3,(H,24,27).